The van der Waals surface area contributed by atoms with Gasteiger partial charge >= 0.3 is 0 Å². The van der Waals surface area contributed by atoms with Gasteiger partial charge < -0.3 is 4.74 Å². The van der Waals surface area contributed by atoms with E-state index in [4.69, 9.17) is 27.9 Å². The minimum absolute atomic E-state index is 0.0753. The topological polar surface area (TPSA) is 26.3 Å². The molecule has 1 aromatic carbocycles. The van der Waals surface area contributed by atoms with Gasteiger partial charge in [0.1, 0.15) is 5.60 Å². The third-order valence-electron chi connectivity index (χ3n) is 3.44. The lowest BCUT2D eigenvalue weighted by Crippen LogP contribution is -2.42. The quantitative estimate of drug-likeness (QED) is 0.837. The predicted molar refractivity (Wildman–Crippen MR) is 73.4 cm³/mol. The zero-order chi connectivity index (χ0) is 13.2. The van der Waals surface area contributed by atoms with Gasteiger partial charge in [-0.15, -0.1) is 0 Å². The first-order valence-corrected chi connectivity index (χ1v) is 6.89. The average molecular weight is 287 g/mol. The molecule has 1 fully saturated rings. The van der Waals surface area contributed by atoms with Crippen molar-refractivity contribution in [3.05, 3.63) is 33.8 Å². The van der Waals surface area contributed by atoms with Crippen LogP contribution in [0.3, 0.4) is 0 Å². The standard InChI is InChI=1S/C14H16Cl2O2/c1-14(7-2-3-8-18-14)12(17)9-10-5-4-6-11(15)13(10)16/h4-6H,2-3,7-9H2,1H3. The molecule has 1 heterocycles. The van der Waals surface area contributed by atoms with Crippen molar-refractivity contribution in [3.63, 3.8) is 0 Å². The molecule has 0 bridgehead atoms. The highest BCUT2D eigenvalue weighted by Gasteiger charge is 2.35. The van der Waals surface area contributed by atoms with Crippen LogP contribution in [-0.4, -0.2) is 18.0 Å². The monoisotopic (exact) mass is 286 g/mol. The molecule has 1 saturated heterocycles. The summed E-state index contributed by atoms with van der Waals surface area (Å²) in [4.78, 5) is 12.3. The van der Waals surface area contributed by atoms with Crippen molar-refractivity contribution in [2.75, 3.05) is 6.61 Å². The van der Waals surface area contributed by atoms with Crippen LogP contribution in [0, 0.1) is 0 Å². The number of halogens is 2. The Bertz CT molecular complexity index is 451. The molecule has 0 spiro atoms. The van der Waals surface area contributed by atoms with Crippen molar-refractivity contribution in [2.24, 2.45) is 0 Å². The smallest absolute Gasteiger partial charge is 0.168 e. The molecule has 4 heteroatoms. The number of rotatable bonds is 3. The van der Waals surface area contributed by atoms with Crippen LogP contribution >= 0.6 is 23.2 Å². The van der Waals surface area contributed by atoms with Crippen molar-refractivity contribution in [2.45, 2.75) is 38.2 Å². The Morgan fingerprint density at radius 3 is 2.83 bits per heavy atom. The fraction of sp³-hybridized carbons (Fsp3) is 0.500. The number of hydrogen-bond donors (Lipinski definition) is 0. The van der Waals surface area contributed by atoms with E-state index in [0.29, 0.717) is 16.7 Å². The number of ketones is 1. The van der Waals surface area contributed by atoms with Crippen LogP contribution in [0.15, 0.2) is 18.2 Å². The zero-order valence-corrected chi connectivity index (χ0v) is 11.9. The number of benzene rings is 1. The molecule has 0 saturated carbocycles. The molecule has 2 rings (SSSR count). The van der Waals surface area contributed by atoms with Gasteiger partial charge in [0.25, 0.3) is 0 Å². The van der Waals surface area contributed by atoms with Crippen molar-refractivity contribution in [3.8, 4) is 0 Å². The van der Waals surface area contributed by atoms with E-state index in [2.05, 4.69) is 0 Å². The molecule has 1 atom stereocenters. The first-order chi connectivity index (χ1) is 8.53. The Hall–Kier alpha value is -0.570. The molecule has 98 valence electrons. The van der Waals surface area contributed by atoms with Gasteiger partial charge in [-0.1, -0.05) is 35.3 Å². The van der Waals surface area contributed by atoms with Gasteiger partial charge in [0.2, 0.25) is 0 Å². The maximum atomic E-state index is 12.3. The Morgan fingerprint density at radius 2 is 2.17 bits per heavy atom. The summed E-state index contributed by atoms with van der Waals surface area (Å²) in [5.74, 6) is 0.0753. The third kappa shape index (κ3) is 2.87. The van der Waals surface area contributed by atoms with E-state index < -0.39 is 5.60 Å². The molecular weight excluding hydrogens is 271 g/mol. The normalized spacial score (nSPS) is 23.9. The Balaban J connectivity index is 2.13. The van der Waals surface area contributed by atoms with Crippen LogP contribution in [0.1, 0.15) is 31.7 Å². The average Bonchev–Trinajstić information content (AvgIpc) is 2.36. The Labute approximate surface area is 117 Å². The van der Waals surface area contributed by atoms with Crippen molar-refractivity contribution in [1.29, 1.82) is 0 Å². The van der Waals surface area contributed by atoms with Crippen molar-refractivity contribution in [1.82, 2.24) is 0 Å². The van der Waals surface area contributed by atoms with E-state index in [1.807, 2.05) is 13.0 Å². The van der Waals surface area contributed by atoms with Crippen LogP contribution < -0.4 is 0 Å². The molecule has 1 aliphatic rings. The molecule has 2 nitrogen and oxygen atoms in total. The van der Waals surface area contributed by atoms with Crippen molar-refractivity contribution >= 4 is 29.0 Å². The molecule has 0 amide bonds. The van der Waals surface area contributed by atoms with Crippen LogP contribution in [0.2, 0.25) is 10.0 Å². The Kier molecular flexibility index (Phi) is 4.31. The highest BCUT2D eigenvalue weighted by atomic mass is 35.5. The van der Waals surface area contributed by atoms with Crippen LogP contribution in [0.25, 0.3) is 0 Å². The molecule has 0 radical (unpaired) electrons. The second-order valence-corrected chi connectivity index (χ2v) is 5.63. The molecule has 0 aliphatic carbocycles. The highest BCUT2D eigenvalue weighted by Crippen LogP contribution is 2.30. The lowest BCUT2D eigenvalue weighted by molar-refractivity contribution is -0.147. The first-order valence-electron chi connectivity index (χ1n) is 6.13. The van der Waals surface area contributed by atoms with E-state index in [1.54, 1.807) is 12.1 Å². The summed E-state index contributed by atoms with van der Waals surface area (Å²) in [6, 6.07) is 5.36. The van der Waals surface area contributed by atoms with Crippen LogP contribution in [0.4, 0.5) is 0 Å². The van der Waals surface area contributed by atoms with Crippen LogP contribution in [-0.2, 0) is 16.0 Å². The third-order valence-corrected chi connectivity index (χ3v) is 4.30. The highest BCUT2D eigenvalue weighted by molar-refractivity contribution is 6.42. The maximum absolute atomic E-state index is 12.3. The van der Waals surface area contributed by atoms with E-state index in [9.17, 15) is 4.79 Å². The minimum atomic E-state index is -0.663. The van der Waals surface area contributed by atoms with Crippen molar-refractivity contribution < 1.29 is 9.53 Å². The fourth-order valence-corrected chi connectivity index (χ4v) is 2.59. The summed E-state index contributed by atoms with van der Waals surface area (Å²) in [7, 11) is 0. The SMILES string of the molecule is CC1(C(=O)Cc2cccc(Cl)c2Cl)CCCCO1. The number of carbonyl (C=O) groups excluding carboxylic acids is 1. The molecule has 1 aromatic rings. The number of hydrogen-bond acceptors (Lipinski definition) is 2. The van der Waals surface area contributed by atoms with E-state index >= 15 is 0 Å². The van der Waals surface area contributed by atoms with E-state index in [-0.39, 0.29) is 12.2 Å². The zero-order valence-electron chi connectivity index (χ0n) is 10.3. The summed E-state index contributed by atoms with van der Waals surface area (Å²) in [5, 5.41) is 0.948. The lowest BCUT2D eigenvalue weighted by atomic mass is 9.88. The van der Waals surface area contributed by atoms with Gasteiger partial charge in [-0.2, -0.15) is 0 Å². The van der Waals surface area contributed by atoms with Crippen LogP contribution in [0.5, 0.6) is 0 Å². The lowest BCUT2D eigenvalue weighted by Gasteiger charge is -2.32. The largest absolute Gasteiger partial charge is 0.367 e. The second-order valence-electron chi connectivity index (χ2n) is 4.85. The van der Waals surface area contributed by atoms with Gasteiger partial charge in [0.15, 0.2) is 5.78 Å². The molecule has 18 heavy (non-hydrogen) atoms. The van der Waals surface area contributed by atoms with E-state index in [1.165, 1.54) is 0 Å². The number of ether oxygens (including phenoxy) is 1. The molecular formula is C14H16Cl2O2. The predicted octanol–water partition coefficient (Wildman–Crippen LogP) is 4.06. The summed E-state index contributed by atoms with van der Waals surface area (Å²) in [5.41, 5.74) is 0.105. The van der Waals surface area contributed by atoms with Gasteiger partial charge in [-0.05, 0) is 37.8 Å². The second kappa shape index (κ2) is 5.60. The summed E-state index contributed by atoms with van der Waals surface area (Å²) in [6.45, 7) is 2.53. The maximum Gasteiger partial charge on any atom is 0.168 e. The number of carbonyl (C=O) groups is 1. The summed E-state index contributed by atoms with van der Waals surface area (Å²) >= 11 is 12.0. The van der Waals surface area contributed by atoms with Gasteiger partial charge in [0.05, 0.1) is 10.0 Å². The van der Waals surface area contributed by atoms with Gasteiger partial charge in [0, 0.05) is 13.0 Å². The van der Waals surface area contributed by atoms with Gasteiger partial charge in [-0.25, -0.2) is 0 Å². The molecule has 0 aromatic heterocycles. The molecule has 1 unspecified atom stereocenters. The van der Waals surface area contributed by atoms with Gasteiger partial charge in [-0.3, -0.25) is 4.79 Å². The first kappa shape index (κ1) is 13.9. The molecule has 0 N–H and O–H groups in total. The van der Waals surface area contributed by atoms with E-state index in [0.717, 1.165) is 24.8 Å². The molecule has 1 aliphatic heterocycles. The summed E-state index contributed by atoms with van der Waals surface area (Å²) in [6.07, 6.45) is 3.12. The number of Topliss-reactive ketones (excluding diaryl/α,β-unsaturated/α-hetero) is 1. The summed E-state index contributed by atoms with van der Waals surface area (Å²) < 4.78 is 5.64. The Morgan fingerprint density at radius 1 is 1.39 bits per heavy atom. The fourth-order valence-electron chi connectivity index (χ4n) is 2.20. The minimum Gasteiger partial charge on any atom is -0.367 e.